The van der Waals surface area contributed by atoms with Crippen LogP contribution in [0.2, 0.25) is 0 Å². The standard InChI is InChI=1S/C23H28N4O4S/c1-23(2,3)26(22(29)30)14-18(12-16-8-6-5-7-9-16)27(31)21(28)20-13-17(15-32-20)19-10-11-24-25(19)4/h5-11,13,15,18,31H,12,14H2,1-4H3,(H,29,30). The number of hydrogen-bond acceptors (Lipinski definition) is 5. The molecule has 2 amide bonds. The highest BCUT2D eigenvalue weighted by Gasteiger charge is 2.33. The van der Waals surface area contributed by atoms with Crippen molar-refractivity contribution >= 4 is 23.3 Å². The maximum Gasteiger partial charge on any atom is 0.407 e. The molecule has 0 bridgehead atoms. The number of carboxylic acid groups (broad SMARTS) is 1. The maximum absolute atomic E-state index is 13.1. The molecule has 1 aromatic carbocycles. The molecular formula is C23H28N4O4S. The minimum Gasteiger partial charge on any atom is -0.465 e. The summed E-state index contributed by atoms with van der Waals surface area (Å²) in [5, 5.41) is 27.3. The molecule has 32 heavy (non-hydrogen) atoms. The van der Waals surface area contributed by atoms with E-state index in [1.807, 2.05) is 48.8 Å². The van der Waals surface area contributed by atoms with Crippen molar-refractivity contribution in [2.75, 3.05) is 6.54 Å². The molecule has 2 N–H and O–H groups in total. The molecule has 3 rings (SSSR count). The van der Waals surface area contributed by atoms with Gasteiger partial charge in [0.05, 0.1) is 16.6 Å². The molecule has 3 aromatic rings. The second-order valence-electron chi connectivity index (χ2n) is 8.60. The van der Waals surface area contributed by atoms with Crippen molar-refractivity contribution in [3.8, 4) is 11.3 Å². The highest BCUT2D eigenvalue weighted by molar-refractivity contribution is 7.12. The fourth-order valence-corrected chi connectivity index (χ4v) is 4.31. The Bertz CT molecular complexity index is 1070. The number of carbonyl (C=O) groups is 2. The van der Waals surface area contributed by atoms with E-state index >= 15 is 0 Å². The molecule has 1 atom stereocenters. The van der Waals surface area contributed by atoms with Crippen molar-refractivity contribution in [3.05, 3.63) is 64.5 Å². The fraction of sp³-hybridized carbons (Fsp3) is 0.348. The normalized spacial score (nSPS) is 12.4. The van der Waals surface area contributed by atoms with E-state index in [2.05, 4.69) is 5.10 Å². The number of aromatic nitrogens is 2. The van der Waals surface area contributed by atoms with Gasteiger partial charge in [-0.05, 0) is 44.9 Å². The predicted octanol–water partition coefficient (Wildman–Crippen LogP) is 4.37. The number of thiophene rings is 1. The molecule has 170 valence electrons. The molecule has 0 aliphatic rings. The van der Waals surface area contributed by atoms with Crippen molar-refractivity contribution in [1.82, 2.24) is 19.7 Å². The number of carbonyl (C=O) groups excluding carboxylic acids is 1. The maximum atomic E-state index is 13.1. The third-order valence-corrected chi connectivity index (χ3v) is 6.15. The van der Waals surface area contributed by atoms with Gasteiger partial charge < -0.3 is 10.0 Å². The lowest BCUT2D eigenvalue weighted by Crippen LogP contribution is -2.53. The van der Waals surface area contributed by atoms with Crippen molar-refractivity contribution in [2.45, 2.75) is 38.8 Å². The highest BCUT2D eigenvalue weighted by Crippen LogP contribution is 2.27. The van der Waals surface area contributed by atoms with Gasteiger partial charge in [-0.1, -0.05) is 30.3 Å². The first-order chi connectivity index (χ1) is 15.1. The number of benzene rings is 1. The molecule has 0 saturated carbocycles. The first-order valence-electron chi connectivity index (χ1n) is 10.2. The van der Waals surface area contributed by atoms with Gasteiger partial charge in [0.15, 0.2) is 0 Å². The van der Waals surface area contributed by atoms with Crippen LogP contribution in [0.1, 0.15) is 36.0 Å². The Morgan fingerprint density at radius 3 is 2.44 bits per heavy atom. The van der Waals surface area contributed by atoms with E-state index < -0.39 is 23.6 Å². The quantitative estimate of drug-likeness (QED) is 0.406. The number of amides is 2. The Morgan fingerprint density at radius 2 is 1.88 bits per heavy atom. The van der Waals surface area contributed by atoms with Crippen molar-refractivity contribution in [1.29, 1.82) is 0 Å². The Balaban J connectivity index is 1.87. The zero-order valence-electron chi connectivity index (χ0n) is 18.6. The number of nitrogens with zero attached hydrogens (tertiary/aromatic N) is 4. The minimum atomic E-state index is -1.11. The van der Waals surface area contributed by atoms with Gasteiger partial charge in [-0.2, -0.15) is 5.10 Å². The van der Waals surface area contributed by atoms with Crippen molar-refractivity contribution in [2.24, 2.45) is 7.05 Å². The van der Waals surface area contributed by atoms with E-state index in [1.165, 1.54) is 16.2 Å². The Morgan fingerprint density at radius 1 is 1.19 bits per heavy atom. The van der Waals surface area contributed by atoms with Gasteiger partial charge in [-0.25, -0.2) is 9.86 Å². The molecule has 8 nitrogen and oxygen atoms in total. The number of rotatable bonds is 7. The average molecular weight is 457 g/mol. The summed E-state index contributed by atoms with van der Waals surface area (Å²) in [5.41, 5.74) is 1.88. The smallest absolute Gasteiger partial charge is 0.407 e. The molecule has 0 saturated heterocycles. The van der Waals surface area contributed by atoms with Gasteiger partial charge >= 0.3 is 6.09 Å². The topological polar surface area (TPSA) is 98.9 Å². The number of aryl methyl sites for hydroxylation is 1. The van der Waals surface area contributed by atoms with Crippen LogP contribution in [-0.2, 0) is 13.5 Å². The summed E-state index contributed by atoms with van der Waals surface area (Å²) < 4.78 is 1.71. The number of hydroxylamine groups is 2. The lowest BCUT2D eigenvalue weighted by atomic mass is 10.0. The summed E-state index contributed by atoms with van der Waals surface area (Å²) in [6, 6.07) is 12.2. The van der Waals surface area contributed by atoms with E-state index in [0.717, 1.165) is 16.8 Å². The highest BCUT2D eigenvalue weighted by atomic mass is 32.1. The molecule has 2 aromatic heterocycles. The van der Waals surface area contributed by atoms with E-state index in [9.17, 15) is 19.9 Å². The third kappa shape index (κ3) is 5.35. The lowest BCUT2D eigenvalue weighted by Gasteiger charge is -2.37. The first-order valence-corrected chi connectivity index (χ1v) is 11.1. The second kappa shape index (κ2) is 9.54. The molecular weight excluding hydrogens is 428 g/mol. The van der Waals surface area contributed by atoms with E-state index in [-0.39, 0.29) is 6.54 Å². The summed E-state index contributed by atoms with van der Waals surface area (Å²) in [5.74, 6) is -0.566. The average Bonchev–Trinajstić information content (AvgIpc) is 3.38. The molecule has 2 heterocycles. The van der Waals surface area contributed by atoms with Gasteiger partial charge in [0.1, 0.15) is 0 Å². The van der Waals surface area contributed by atoms with Gasteiger partial charge in [0.25, 0.3) is 5.91 Å². The summed E-state index contributed by atoms with van der Waals surface area (Å²) in [4.78, 5) is 26.6. The zero-order chi connectivity index (χ0) is 23.5. The van der Waals surface area contributed by atoms with Gasteiger partial charge in [-0.15, -0.1) is 11.3 Å². The van der Waals surface area contributed by atoms with Crippen LogP contribution in [-0.4, -0.2) is 60.2 Å². The molecule has 0 fully saturated rings. The summed E-state index contributed by atoms with van der Waals surface area (Å²) >= 11 is 1.23. The molecule has 9 heteroatoms. The van der Waals surface area contributed by atoms with E-state index in [0.29, 0.717) is 16.4 Å². The lowest BCUT2D eigenvalue weighted by molar-refractivity contribution is -0.0965. The van der Waals surface area contributed by atoms with Crippen LogP contribution >= 0.6 is 11.3 Å². The Kier molecular flexibility index (Phi) is 7.00. The van der Waals surface area contributed by atoms with E-state index in [1.54, 1.807) is 37.7 Å². The third-order valence-electron chi connectivity index (χ3n) is 5.23. The first kappa shape index (κ1) is 23.5. The van der Waals surface area contributed by atoms with Crippen molar-refractivity contribution in [3.63, 3.8) is 0 Å². The molecule has 0 radical (unpaired) electrons. The van der Waals surface area contributed by atoms with Gasteiger partial charge in [0.2, 0.25) is 0 Å². The van der Waals surface area contributed by atoms with E-state index in [4.69, 9.17) is 0 Å². The fourth-order valence-electron chi connectivity index (χ4n) is 3.48. The van der Waals surface area contributed by atoms with Gasteiger partial charge in [0, 0.05) is 36.3 Å². The molecule has 0 aliphatic heterocycles. The van der Waals surface area contributed by atoms with Crippen LogP contribution in [0.5, 0.6) is 0 Å². The second-order valence-corrected chi connectivity index (χ2v) is 9.51. The minimum absolute atomic E-state index is 0.0318. The SMILES string of the molecule is Cn1nccc1-c1csc(C(=O)N(O)C(Cc2ccccc2)CN(C(=O)O)C(C)(C)C)c1. The summed E-state index contributed by atoms with van der Waals surface area (Å²) in [6.07, 6.45) is 0.879. The van der Waals surface area contributed by atoms with Crippen LogP contribution in [0.3, 0.4) is 0 Å². The number of hydrogen-bond donors (Lipinski definition) is 2. The summed E-state index contributed by atoms with van der Waals surface area (Å²) in [7, 11) is 1.82. The van der Waals surface area contributed by atoms with Crippen LogP contribution in [0.25, 0.3) is 11.3 Å². The Labute approximate surface area is 191 Å². The summed E-state index contributed by atoms with van der Waals surface area (Å²) in [6.45, 7) is 5.31. The molecule has 0 spiro atoms. The van der Waals surface area contributed by atoms with Crippen molar-refractivity contribution < 1.29 is 19.9 Å². The monoisotopic (exact) mass is 456 g/mol. The van der Waals surface area contributed by atoms with Crippen LogP contribution in [0.4, 0.5) is 4.79 Å². The van der Waals surface area contributed by atoms with Gasteiger partial charge in [-0.3, -0.25) is 14.7 Å². The largest absolute Gasteiger partial charge is 0.465 e. The van der Waals surface area contributed by atoms with Crippen LogP contribution < -0.4 is 0 Å². The van der Waals surface area contributed by atoms with Crippen LogP contribution in [0.15, 0.2) is 54.0 Å². The van der Waals surface area contributed by atoms with Crippen LogP contribution in [0, 0.1) is 0 Å². The zero-order valence-corrected chi connectivity index (χ0v) is 19.4. The molecule has 1 unspecified atom stereocenters. The molecule has 0 aliphatic carbocycles. The predicted molar refractivity (Wildman–Crippen MR) is 123 cm³/mol. The Hall–Kier alpha value is -3.17.